The fraction of sp³-hybridized carbons (Fsp3) is 0.333. The van der Waals surface area contributed by atoms with Crippen LogP contribution >= 0.6 is 0 Å². The summed E-state index contributed by atoms with van der Waals surface area (Å²) < 4.78 is 0. The minimum absolute atomic E-state index is 0.289. The van der Waals surface area contributed by atoms with Crippen molar-refractivity contribution in [3.63, 3.8) is 0 Å². The summed E-state index contributed by atoms with van der Waals surface area (Å²) >= 11 is 0. The molecule has 0 aliphatic carbocycles. The summed E-state index contributed by atoms with van der Waals surface area (Å²) in [6.45, 7) is 8.40. The number of nitrogens with zero attached hydrogens (tertiary/aromatic N) is 2. The first kappa shape index (κ1) is 25.2. The van der Waals surface area contributed by atoms with Crippen LogP contribution in [0.15, 0.2) is 58.5 Å². The average molecular weight is 457 g/mol. The van der Waals surface area contributed by atoms with Crippen LogP contribution in [-0.2, 0) is 25.7 Å². The summed E-state index contributed by atoms with van der Waals surface area (Å²) in [6.07, 6.45) is 9.01. The Balaban J connectivity index is 1.95. The average Bonchev–Trinajstić information content (AvgIpc) is 2.85. The lowest BCUT2D eigenvalue weighted by atomic mass is 10.00. The molecule has 4 heteroatoms. The van der Waals surface area contributed by atoms with Crippen molar-refractivity contribution >= 4 is 23.8 Å². The minimum Gasteiger partial charge on any atom is -0.507 e. The van der Waals surface area contributed by atoms with E-state index in [1.165, 1.54) is 11.1 Å². The van der Waals surface area contributed by atoms with Gasteiger partial charge in [-0.2, -0.15) is 0 Å². The molecule has 0 fully saturated rings. The van der Waals surface area contributed by atoms with E-state index in [2.05, 4.69) is 36.0 Å². The third kappa shape index (κ3) is 6.13. The molecule has 0 saturated heterocycles. The molecular formula is C30H36N2O2. The smallest absolute Gasteiger partial charge is 0.127 e. The third-order valence-electron chi connectivity index (χ3n) is 5.96. The number of aryl methyl sites for hydroxylation is 4. The first-order valence-corrected chi connectivity index (χ1v) is 12.4. The Labute approximate surface area is 203 Å². The Morgan fingerprint density at radius 1 is 0.647 bits per heavy atom. The van der Waals surface area contributed by atoms with Crippen molar-refractivity contribution in [3.8, 4) is 11.5 Å². The normalized spacial score (nSPS) is 11.6. The van der Waals surface area contributed by atoms with Crippen molar-refractivity contribution in [2.45, 2.75) is 66.2 Å². The summed E-state index contributed by atoms with van der Waals surface area (Å²) in [5, 5.41) is 21.4. The number of phenolic OH excluding ortho intramolecular Hbond substituents is 2. The standard InChI is InChI=1S/C30H36N2O2/c1-5-11-21-15-23(7-3)29(33)25(17-21)19-31-27-13-9-10-14-28(27)32-20-26-18-22(12-6-2)16-24(8-4)30(26)34/h9-10,13-20,33-34H,5-8,11-12H2,1-4H3. The van der Waals surface area contributed by atoms with E-state index in [4.69, 9.17) is 0 Å². The molecule has 0 aromatic heterocycles. The predicted octanol–water partition coefficient (Wildman–Crippen LogP) is 7.63. The van der Waals surface area contributed by atoms with Crippen LogP contribution in [0.25, 0.3) is 0 Å². The number of rotatable bonds is 10. The maximum absolute atomic E-state index is 10.7. The summed E-state index contributed by atoms with van der Waals surface area (Å²) in [5.74, 6) is 0.577. The van der Waals surface area contributed by atoms with Gasteiger partial charge in [0.1, 0.15) is 11.5 Å². The Kier molecular flexibility index (Phi) is 9.03. The molecule has 0 aliphatic heterocycles. The van der Waals surface area contributed by atoms with Crippen LogP contribution in [-0.4, -0.2) is 22.6 Å². The molecule has 0 bridgehead atoms. The van der Waals surface area contributed by atoms with Crippen molar-refractivity contribution in [2.24, 2.45) is 9.98 Å². The van der Waals surface area contributed by atoms with Crippen molar-refractivity contribution in [1.82, 2.24) is 0 Å². The molecule has 4 nitrogen and oxygen atoms in total. The van der Waals surface area contributed by atoms with Gasteiger partial charge in [-0.25, -0.2) is 0 Å². The highest BCUT2D eigenvalue weighted by Crippen LogP contribution is 2.31. The molecule has 0 amide bonds. The van der Waals surface area contributed by atoms with Crippen molar-refractivity contribution in [2.75, 3.05) is 0 Å². The highest BCUT2D eigenvalue weighted by molar-refractivity contribution is 5.90. The Hall–Kier alpha value is -3.40. The van der Waals surface area contributed by atoms with E-state index in [1.807, 2.05) is 50.2 Å². The van der Waals surface area contributed by atoms with Gasteiger partial charge in [0, 0.05) is 23.6 Å². The Bertz CT molecular complexity index is 1090. The predicted molar refractivity (Wildman–Crippen MR) is 144 cm³/mol. The van der Waals surface area contributed by atoms with Gasteiger partial charge >= 0.3 is 0 Å². The van der Waals surface area contributed by atoms with E-state index in [0.29, 0.717) is 11.4 Å². The molecule has 0 unspecified atom stereocenters. The Morgan fingerprint density at radius 2 is 1.06 bits per heavy atom. The van der Waals surface area contributed by atoms with Gasteiger partial charge in [0.05, 0.1) is 11.4 Å². The van der Waals surface area contributed by atoms with Crippen LogP contribution in [0.4, 0.5) is 11.4 Å². The van der Waals surface area contributed by atoms with E-state index in [0.717, 1.165) is 60.8 Å². The molecule has 3 aromatic carbocycles. The number of phenols is 2. The molecule has 34 heavy (non-hydrogen) atoms. The molecule has 0 heterocycles. The van der Waals surface area contributed by atoms with E-state index in [9.17, 15) is 10.2 Å². The molecule has 0 spiro atoms. The third-order valence-corrected chi connectivity index (χ3v) is 5.96. The van der Waals surface area contributed by atoms with Gasteiger partial charge in [0.15, 0.2) is 0 Å². The molecule has 3 rings (SSSR count). The molecular weight excluding hydrogens is 420 g/mol. The summed E-state index contributed by atoms with van der Waals surface area (Å²) in [6, 6.07) is 15.8. The number of hydrogen-bond donors (Lipinski definition) is 2. The first-order chi connectivity index (χ1) is 16.5. The lowest BCUT2D eigenvalue weighted by Crippen LogP contribution is -1.94. The molecule has 0 aliphatic rings. The molecule has 0 radical (unpaired) electrons. The topological polar surface area (TPSA) is 65.2 Å². The van der Waals surface area contributed by atoms with E-state index in [-0.39, 0.29) is 11.5 Å². The van der Waals surface area contributed by atoms with Gasteiger partial charge in [0.2, 0.25) is 0 Å². The van der Waals surface area contributed by atoms with Crippen LogP contribution in [0.5, 0.6) is 11.5 Å². The summed E-state index contributed by atoms with van der Waals surface area (Å²) in [5.41, 5.74) is 7.14. The number of para-hydroxylation sites is 2. The number of hydrogen-bond acceptors (Lipinski definition) is 4. The van der Waals surface area contributed by atoms with Crippen LogP contribution in [0.1, 0.15) is 73.9 Å². The Morgan fingerprint density at radius 3 is 1.41 bits per heavy atom. The number of aromatic hydroxyl groups is 2. The maximum atomic E-state index is 10.7. The van der Waals surface area contributed by atoms with Crippen LogP contribution in [0.2, 0.25) is 0 Å². The second-order valence-corrected chi connectivity index (χ2v) is 8.60. The van der Waals surface area contributed by atoms with E-state index < -0.39 is 0 Å². The van der Waals surface area contributed by atoms with Gasteiger partial charge in [-0.05, 0) is 72.2 Å². The highest BCUT2D eigenvalue weighted by atomic mass is 16.3. The van der Waals surface area contributed by atoms with Gasteiger partial charge in [0.25, 0.3) is 0 Å². The zero-order valence-corrected chi connectivity index (χ0v) is 20.8. The van der Waals surface area contributed by atoms with Crippen molar-refractivity contribution in [1.29, 1.82) is 0 Å². The second kappa shape index (κ2) is 12.2. The molecule has 178 valence electrons. The van der Waals surface area contributed by atoms with Gasteiger partial charge in [-0.1, -0.05) is 64.8 Å². The summed E-state index contributed by atoms with van der Waals surface area (Å²) in [7, 11) is 0. The maximum Gasteiger partial charge on any atom is 0.127 e. The van der Waals surface area contributed by atoms with Crippen molar-refractivity contribution < 1.29 is 10.2 Å². The van der Waals surface area contributed by atoms with E-state index >= 15 is 0 Å². The first-order valence-electron chi connectivity index (χ1n) is 12.4. The van der Waals surface area contributed by atoms with Gasteiger partial charge < -0.3 is 10.2 Å². The van der Waals surface area contributed by atoms with Crippen LogP contribution in [0.3, 0.4) is 0 Å². The van der Waals surface area contributed by atoms with Crippen LogP contribution in [0, 0.1) is 0 Å². The number of benzene rings is 3. The zero-order chi connectivity index (χ0) is 24.5. The fourth-order valence-electron chi connectivity index (χ4n) is 4.14. The lowest BCUT2D eigenvalue weighted by molar-refractivity contribution is 0.467. The van der Waals surface area contributed by atoms with Gasteiger partial charge in [-0.3, -0.25) is 9.98 Å². The monoisotopic (exact) mass is 456 g/mol. The number of aliphatic imine (C=N–C) groups is 2. The molecule has 0 saturated carbocycles. The van der Waals surface area contributed by atoms with E-state index in [1.54, 1.807) is 12.4 Å². The molecule has 3 aromatic rings. The summed E-state index contributed by atoms with van der Waals surface area (Å²) in [4.78, 5) is 9.34. The largest absolute Gasteiger partial charge is 0.507 e. The second-order valence-electron chi connectivity index (χ2n) is 8.60. The highest BCUT2D eigenvalue weighted by Gasteiger charge is 2.09. The van der Waals surface area contributed by atoms with Crippen LogP contribution < -0.4 is 0 Å². The lowest BCUT2D eigenvalue weighted by Gasteiger charge is -2.10. The SMILES string of the molecule is CCCc1cc(C=Nc2ccccc2N=Cc2cc(CCC)cc(CC)c2O)c(O)c(CC)c1. The minimum atomic E-state index is 0.289. The molecule has 0 atom stereocenters. The van der Waals surface area contributed by atoms with Gasteiger partial charge in [-0.15, -0.1) is 0 Å². The quantitative estimate of drug-likeness (QED) is 0.308. The van der Waals surface area contributed by atoms with Crippen molar-refractivity contribution in [3.05, 3.63) is 81.9 Å². The fourth-order valence-corrected chi connectivity index (χ4v) is 4.14. The zero-order valence-electron chi connectivity index (χ0n) is 20.8. The molecule has 2 N–H and O–H groups in total.